The van der Waals surface area contributed by atoms with E-state index in [1.807, 2.05) is 37.4 Å². The molecule has 1 heterocycles. The van der Waals surface area contributed by atoms with Crippen LogP contribution in [-0.4, -0.2) is 42.1 Å². The minimum atomic E-state index is -1.20. The molecule has 0 aromatic heterocycles. The van der Waals surface area contributed by atoms with Crippen LogP contribution in [0, 0.1) is 11.6 Å². The van der Waals surface area contributed by atoms with Crippen molar-refractivity contribution in [3.05, 3.63) is 59.7 Å². The molecule has 1 aliphatic rings. The predicted octanol–water partition coefficient (Wildman–Crippen LogP) is 3.41. The molecule has 0 spiro atoms. The Morgan fingerprint density at radius 3 is 2.40 bits per heavy atom. The maximum absolute atomic E-state index is 13.9. The quantitative estimate of drug-likeness (QED) is 0.926. The highest BCUT2D eigenvalue weighted by Crippen LogP contribution is 2.26. The van der Waals surface area contributed by atoms with E-state index in [1.165, 1.54) is 4.90 Å². The summed E-state index contributed by atoms with van der Waals surface area (Å²) < 4.78 is 27.8. The second-order valence-electron chi connectivity index (χ2n) is 6.23. The first-order valence-corrected chi connectivity index (χ1v) is 8.23. The largest absolute Gasteiger partial charge is 0.505 e. The fourth-order valence-corrected chi connectivity index (χ4v) is 3.23. The summed E-state index contributed by atoms with van der Waals surface area (Å²) in [5.74, 6) is -3.59. The smallest absolute Gasteiger partial charge is 0.259 e. The minimum Gasteiger partial charge on any atom is -0.505 e. The molecule has 1 N–H and O–H groups in total. The highest BCUT2D eigenvalue weighted by molar-refractivity contribution is 5.95. The summed E-state index contributed by atoms with van der Waals surface area (Å²) >= 11 is 0. The fourth-order valence-electron chi connectivity index (χ4n) is 3.23. The molecule has 6 heteroatoms. The molecule has 0 saturated carbocycles. The van der Waals surface area contributed by atoms with Crippen molar-refractivity contribution < 1.29 is 18.7 Å². The van der Waals surface area contributed by atoms with Gasteiger partial charge in [-0.3, -0.25) is 4.79 Å². The number of rotatable bonds is 3. The molecular formula is C19H20F2N2O2. The Kier molecular flexibility index (Phi) is 4.88. The van der Waals surface area contributed by atoms with Crippen LogP contribution in [0.1, 0.15) is 23.2 Å². The number of phenolic OH excluding ortho intramolecular Hbond substituents is 1. The molecular weight excluding hydrogens is 326 g/mol. The Hall–Kier alpha value is -2.63. The number of amides is 1. The van der Waals surface area contributed by atoms with Crippen molar-refractivity contribution in [1.29, 1.82) is 0 Å². The second kappa shape index (κ2) is 7.09. The summed E-state index contributed by atoms with van der Waals surface area (Å²) in [6.07, 6.45) is 1.42. The molecule has 0 unspecified atom stereocenters. The van der Waals surface area contributed by atoms with Crippen molar-refractivity contribution in [3.8, 4) is 5.75 Å². The lowest BCUT2D eigenvalue weighted by molar-refractivity contribution is 0.0702. The number of carbonyl (C=O) groups excluding carboxylic acids is 1. The Morgan fingerprint density at radius 1 is 1.12 bits per heavy atom. The number of anilines is 1. The normalized spacial score (nSPS) is 15.2. The van der Waals surface area contributed by atoms with E-state index in [9.17, 15) is 18.7 Å². The summed E-state index contributed by atoms with van der Waals surface area (Å²) in [7, 11) is 2.01. The fraction of sp³-hybridized carbons (Fsp3) is 0.316. The van der Waals surface area contributed by atoms with Crippen molar-refractivity contribution in [2.45, 2.75) is 18.9 Å². The maximum atomic E-state index is 13.9. The van der Waals surface area contributed by atoms with Crippen LogP contribution in [0.25, 0.3) is 0 Å². The van der Waals surface area contributed by atoms with Crippen LogP contribution in [0.4, 0.5) is 14.5 Å². The maximum Gasteiger partial charge on any atom is 0.259 e. The van der Waals surface area contributed by atoms with E-state index in [0.717, 1.165) is 17.8 Å². The number of nitrogens with zero attached hydrogens (tertiary/aromatic N) is 2. The average Bonchev–Trinajstić information content (AvgIpc) is 2.65. The predicted molar refractivity (Wildman–Crippen MR) is 91.8 cm³/mol. The van der Waals surface area contributed by atoms with Gasteiger partial charge in [-0.2, -0.15) is 0 Å². The van der Waals surface area contributed by atoms with E-state index in [2.05, 4.69) is 4.90 Å². The average molecular weight is 346 g/mol. The first kappa shape index (κ1) is 17.2. The number of para-hydroxylation sites is 1. The lowest BCUT2D eigenvalue weighted by Gasteiger charge is -2.38. The molecule has 132 valence electrons. The first-order chi connectivity index (χ1) is 12.0. The van der Waals surface area contributed by atoms with Crippen molar-refractivity contribution in [1.82, 2.24) is 4.90 Å². The highest BCUT2D eigenvalue weighted by atomic mass is 19.1. The van der Waals surface area contributed by atoms with Gasteiger partial charge in [-0.1, -0.05) is 18.2 Å². The molecule has 1 fully saturated rings. The van der Waals surface area contributed by atoms with Gasteiger partial charge in [-0.15, -0.1) is 0 Å². The van der Waals surface area contributed by atoms with E-state index in [0.29, 0.717) is 25.9 Å². The molecule has 1 amide bonds. The van der Waals surface area contributed by atoms with Crippen molar-refractivity contribution in [3.63, 3.8) is 0 Å². The third kappa shape index (κ3) is 3.43. The van der Waals surface area contributed by atoms with Gasteiger partial charge in [-0.25, -0.2) is 8.78 Å². The van der Waals surface area contributed by atoms with Gasteiger partial charge < -0.3 is 14.9 Å². The van der Waals surface area contributed by atoms with Crippen LogP contribution in [-0.2, 0) is 0 Å². The first-order valence-electron chi connectivity index (χ1n) is 8.23. The van der Waals surface area contributed by atoms with E-state index < -0.39 is 28.9 Å². The summed E-state index contributed by atoms with van der Waals surface area (Å²) in [6, 6.07) is 12.0. The molecule has 1 saturated heterocycles. The number of carbonyl (C=O) groups is 1. The minimum absolute atomic E-state index is 0.255. The summed E-state index contributed by atoms with van der Waals surface area (Å²) in [6.45, 7) is 0.824. The lowest BCUT2D eigenvalue weighted by atomic mass is 10.0. The Morgan fingerprint density at radius 2 is 1.76 bits per heavy atom. The Labute approximate surface area is 145 Å². The zero-order chi connectivity index (χ0) is 18.0. The van der Waals surface area contributed by atoms with Gasteiger partial charge in [0, 0.05) is 31.9 Å². The molecule has 25 heavy (non-hydrogen) atoms. The molecule has 0 aliphatic carbocycles. The number of hydrogen-bond acceptors (Lipinski definition) is 3. The standard InChI is InChI=1S/C19H20F2N2O2/c1-22(13-5-3-2-4-6-13)14-9-11-23(12-10-14)19(25)17-15(20)7-8-16(24)18(17)21/h2-8,14,24H,9-12H2,1H3. The monoisotopic (exact) mass is 346 g/mol. The van der Waals surface area contributed by atoms with Crippen molar-refractivity contribution in [2.75, 3.05) is 25.0 Å². The highest BCUT2D eigenvalue weighted by Gasteiger charge is 2.30. The third-order valence-electron chi connectivity index (χ3n) is 4.75. The Bertz CT molecular complexity index is 760. The van der Waals surface area contributed by atoms with Crippen LogP contribution in [0.2, 0.25) is 0 Å². The van der Waals surface area contributed by atoms with E-state index in [4.69, 9.17) is 0 Å². The second-order valence-corrected chi connectivity index (χ2v) is 6.23. The third-order valence-corrected chi connectivity index (χ3v) is 4.75. The van der Waals surface area contributed by atoms with E-state index in [-0.39, 0.29) is 6.04 Å². The number of aromatic hydroxyl groups is 1. The molecule has 3 rings (SSSR count). The number of likely N-dealkylation sites (tertiary alicyclic amines) is 1. The van der Waals surface area contributed by atoms with Gasteiger partial charge in [-0.05, 0) is 37.1 Å². The van der Waals surface area contributed by atoms with Gasteiger partial charge in [0.1, 0.15) is 11.4 Å². The van der Waals surface area contributed by atoms with Crippen LogP contribution < -0.4 is 4.90 Å². The summed E-state index contributed by atoms with van der Waals surface area (Å²) in [5.41, 5.74) is 0.409. The zero-order valence-electron chi connectivity index (χ0n) is 14.0. The molecule has 1 aliphatic heterocycles. The lowest BCUT2D eigenvalue weighted by Crippen LogP contribution is -2.46. The molecule has 2 aromatic rings. The summed E-state index contributed by atoms with van der Waals surface area (Å²) in [4.78, 5) is 16.1. The SMILES string of the molecule is CN(c1ccccc1)C1CCN(C(=O)c2c(F)ccc(O)c2F)CC1. The molecule has 0 radical (unpaired) electrons. The summed E-state index contributed by atoms with van der Waals surface area (Å²) in [5, 5.41) is 9.39. The van der Waals surface area contributed by atoms with Crippen LogP contribution >= 0.6 is 0 Å². The van der Waals surface area contributed by atoms with Gasteiger partial charge >= 0.3 is 0 Å². The number of phenols is 1. The van der Waals surface area contributed by atoms with Crippen LogP contribution in [0.3, 0.4) is 0 Å². The van der Waals surface area contributed by atoms with E-state index >= 15 is 0 Å². The van der Waals surface area contributed by atoms with E-state index in [1.54, 1.807) is 0 Å². The van der Waals surface area contributed by atoms with Gasteiger partial charge in [0.2, 0.25) is 0 Å². The number of piperidine rings is 1. The molecule has 2 aromatic carbocycles. The number of benzene rings is 2. The molecule has 0 atom stereocenters. The van der Waals surface area contributed by atoms with Crippen LogP contribution in [0.15, 0.2) is 42.5 Å². The van der Waals surface area contributed by atoms with Crippen molar-refractivity contribution >= 4 is 11.6 Å². The van der Waals surface area contributed by atoms with Gasteiger partial charge in [0.05, 0.1) is 0 Å². The van der Waals surface area contributed by atoms with Crippen LogP contribution in [0.5, 0.6) is 5.75 Å². The molecule has 4 nitrogen and oxygen atoms in total. The number of hydrogen-bond donors (Lipinski definition) is 1. The Balaban J connectivity index is 1.69. The topological polar surface area (TPSA) is 43.8 Å². The zero-order valence-corrected chi connectivity index (χ0v) is 14.0. The number of halogens is 2. The van der Waals surface area contributed by atoms with Gasteiger partial charge in [0.15, 0.2) is 11.6 Å². The van der Waals surface area contributed by atoms with Crippen molar-refractivity contribution in [2.24, 2.45) is 0 Å². The van der Waals surface area contributed by atoms with Gasteiger partial charge in [0.25, 0.3) is 5.91 Å². The molecule has 0 bridgehead atoms.